The van der Waals surface area contributed by atoms with Crippen molar-refractivity contribution in [3.05, 3.63) is 46.7 Å². The normalized spacial score (nSPS) is 25.1. The molecule has 4 nitrogen and oxygen atoms in total. The van der Waals surface area contributed by atoms with Crippen LogP contribution in [0.5, 0.6) is 0 Å². The lowest BCUT2D eigenvalue weighted by atomic mass is 9.84. The van der Waals surface area contributed by atoms with E-state index in [0.29, 0.717) is 22.8 Å². The molecule has 2 aliphatic carbocycles. The van der Waals surface area contributed by atoms with Crippen LogP contribution < -0.4 is 5.32 Å². The van der Waals surface area contributed by atoms with Gasteiger partial charge >= 0.3 is 6.18 Å². The quantitative estimate of drug-likeness (QED) is 0.760. The molecule has 1 N–H and O–H groups in total. The number of hydrogen-bond donors (Lipinski definition) is 1. The molecule has 8 heteroatoms. The van der Waals surface area contributed by atoms with Gasteiger partial charge in [0.05, 0.1) is 17.4 Å². The maximum Gasteiger partial charge on any atom is 0.434 e. The molecule has 2 saturated carbocycles. The smallest absolute Gasteiger partial charge is 0.349 e. The summed E-state index contributed by atoms with van der Waals surface area (Å²) in [5.74, 6) is 0.873. The van der Waals surface area contributed by atoms with Gasteiger partial charge in [-0.2, -0.15) is 18.3 Å². The van der Waals surface area contributed by atoms with Gasteiger partial charge in [-0.1, -0.05) is 18.0 Å². The van der Waals surface area contributed by atoms with E-state index in [1.165, 1.54) is 37.1 Å². The fourth-order valence-electron chi connectivity index (χ4n) is 4.86. The number of aromatic nitrogens is 2. The standard InChI is InChI=1S/C20H21ClF3N3O/c1-11(16-9-12-2-3-13(16)8-12)26-19(28)17-10-25-27(18(17)20(22,23)24)15-6-4-14(21)5-7-15/h4-7,10-13,16H,2-3,8-9H2,1H3,(H,26,28). The molecule has 0 radical (unpaired) electrons. The van der Waals surface area contributed by atoms with Crippen molar-refractivity contribution in [1.29, 1.82) is 0 Å². The molecular weight excluding hydrogens is 391 g/mol. The Labute approximate surface area is 166 Å². The maximum atomic E-state index is 13.8. The Balaban J connectivity index is 1.60. The molecule has 2 aromatic rings. The number of hydrogen-bond acceptors (Lipinski definition) is 2. The molecule has 4 rings (SSSR count). The van der Waals surface area contributed by atoms with Crippen molar-refractivity contribution in [2.75, 3.05) is 0 Å². The largest absolute Gasteiger partial charge is 0.434 e. The van der Waals surface area contributed by atoms with Crippen LogP contribution in [0.25, 0.3) is 5.69 Å². The minimum atomic E-state index is -4.72. The Morgan fingerprint density at radius 2 is 1.96 bits per heavy atom. The molecular formula is C20H21ClF3N3O. The summed E-state index contributed by atoms with van der Waals surface area (Å²) in [5, 5.41) is 7.04. The molecule has 150 valence electrons. The highest BCUT2D eigenvalue weighted by molar-refractivity contribution is 6.30. The van der Waals surface area contributed by atoms with Gasteiger partial charge in [-0.25, -0.2) is 4.68 Å². The van der Waals surface area contributed by atoms with Crippen molar-refractivity contribution < 1.29 is 18.0 Å². The number of rotatable bonds is 4. The van der Waals surface area contributed by atoms with Crippen LogP contribution in [-0.2, 0) is 6.18 Å². The van der Waals surface area contributed by atoms with Crippen LogP contribution in [0.15, 0.2) is 30.5 Å². The summed E-state index contributed by atoms with van der Waals surface area (Å²) < 4.78 is 42.0. The first-order chi connectivity index (χ1) is 13.2. The summed E-state index contributed by atoms with van der Waals surface area (Å²) >= 11 is 5.81. The highest BCUT2D eigenvalue weighted by atomic mass is 35.5. The second-order valence-corrected chi connectivity index (χ2v) is 8.33. The van der Waals surface area contributed by atoms with Gasteiger partial charge in [-0.05, 0) is 68.2 Å². The average Bonchev–Trinajstić information content (AvgIpc) is 3.36. The predicted octanol–water partition coefficient (Wildman–Crippen LogP) is 5.10. The fraction of sp³-hybridized carbons (Fsp3) is 0.500. The molecule has 28 heavy (non-hydrogen) atoms. The van der Waals surface area contributed by atoms with E-state index in [-0.39, 0.29) is 11.7 Å². The van der Waals surface area contributed by atoms with E-state index >= 15 is 0 Å². The molecule has 1 aromatic carbocycles. The van der Waals surface area contributed by atoms with E-state index in [1.54, 1.807) is 0 Å². The highest BCUT2D eigenvalue weighted by Gasteiger charge is 2.44. The lowest BCUT2D eigenvalue weighted by Crippen LogP contribution is -2.40. The van der Waals surface area contributed by atoms with Crippen molar-refractivity contribution in [3.63, 3.8) is 0 Å². The molecule has 0 aliphatic heterocycles. The van der Waals surface area contributed by atoms with Gasteiger partial charge in [0.1, 0.15) is 0 Å². The number of carbonyl (C=O) groups excluding carboxylic acids is 1. The van der Waals surface area contributed by atoms with Gasteiger partial charge in [0.25, 0.3) is 5.91 Å². The molecule has 2 bridgehead atoms. The molecule has 4 atom stereocenters. The number of alkyl halides is 3. The van der Waals surface area contributed by atoms with Crippen LogP contribution in [0, 0.1) is 17.8 Å². The second kappa shape index (κ2) is 7.10. The van der Waals surface area contributed by atoms with Crippen molar-refractivity contribution in [3.8, 4) is 5.69 Å². The van der Waals surface area contributed by atoms with E-state index in [0.717, 1.165) is 23.7 Å². The van der Waals surface area contributed by atoms with Crippen LogP contribution in [0.1, 0.15) is 48.7 Å². The Morgan fingerprint density at radius 3 is 2.54 bits per heavy atom. The summed E-state index contributed by atoms with van der Waals surface area (Å²) in [6, 6.07) is 5.67. The lowest BCUT2D eigenvalue weighted by molar-refractivity contribution is -0.143. The third kappa shape index (κ3) is 3.52. The third-order valence-electron chi connectivity index (χ3n) is 6.15. The number of benzene rings is 1. The third-order valence-corrected chi connectivity index (χ3v) is 6.40. The first kappa shape index (κ1) is 19.3. The zero-order valence-electron chi connectivity index (χ0n) is 15.3. The number of nitrogens with zero attached hydrogens (tertiary/aromatic N) is 2. The molecule has 1 aromatic heterocycles. The van der Waals surface area contributed by atoms with Crippen molar-refractivity contribution in [2.24, 2.45) is 17.8 Å². The van der Waals surface area contributed by atoms with E-state index in [9.17, 15) is 18.0 Å². The lowest BCUT2D eigenvalue weighted by Gasteiger charge is -2.28. The van der Waals surface area contributed by atoms with Gasteiger partial charge in [-0.15, -0.1) is 0 Å². The van der Waals surface area contributed by atoms with E-state index in [4.69, 9.17) is 11.6 Å². The zero-order chi connectivity index (χ0) is 20.1. The number of nitrogens with one attached hydrogen (secondary N) is 1. The number of fused-ring (bicyclic) bond motifs is 2. The summed E-state index contributed by atoms with van der Waals surface area (Å²) in [7, 11) is 0. The molecule has 2 aliphatic rings. The van der Waals surface area contributed by atoms with Gasteiger partial charge in [-0.3, -0.25) is 4.79 Å². The Bertz CT molecular complexity index is 878. The Hall–Kier alpha value is -2.02. The van der Waals surface area contributed by atoms with Crippen LogP contribution in [0.4, 0.5) is 13.2 Å². The van der Waals surface area contributed by atoms with Crippen LogP contribution in [0.2, 0.25) is 5.02 Å². The van der Waals surface area contributed by atoms with Gasteiger partial charge in [0.15, 0.2) is 5.69 Å². The Morgan fingerprint density at radius 1 is 1.25 bits per heavy atom. The number of amides is 1. The minimum Gasteiger partial charge on any atom is -0.349 e. The average molecular weight is 412 g/mol. The Kier molecular flexibility index (Phi) is 4.89. The SMILES string of the molecule is CC(NC(=O)c1cnn(-c2ccc(Cl)cc2)c1C(F)(F)F)C1CC2CCC1C2. The number of carbonyl (C=O) groups is 1. The van der Waals surface area contributed by atoms with Crippen molar-refractivity contribution >= 4 is 17.5 Å². The monoisotopic (exact) mass is 411 g/mol. The second-order valence-electron chi connectivity index (χ2n) is 7.89. The fourth-order valence-corrected chi connectivity index (χ4v) is 4.99. The minimum absolute atomic E-state index is 0.164. The van der Waals surface area contributed by atoms with Crippen molar-refractivity contribution in [1.82, 2.24) is 15.1 Å². The molecule has 1 amide bonds. The summed E-state index contributed by atoms with van der Waals surface area (Å²) in [5.41, 5.74) is -1.35. The van der Waals surface area contributed by atoms with Crippen LogP contribution in [0.3, 0.4) is 0 Å². The van der Waals surface area contributed by atoms with E-state index in [1.807, 2.05) is 6.92 Å². The first-order valence-electron chi connectivity index (χ1n) is 9.46. The van der Waals surface area contributed by atoms with Gasteiger partial charge in [0.2, 0.25) is 0 Å². The highest BCUT2D eigenvalue weighted by Crippen LogP contribution is 2.49. The molecule has 4 unspecified atom stereocenters. The number of halogens is 4. The first-order valence-corrected chi connectivity index (χ1v) is 9.84. The maximum absolute atomic E-state index is 13.8. The van der Waals surface area contributed by atoms with Gasteiger partial charge < -0.3 is 5.32 Å². The topological polar surface area (TPSA) is 46.9 Å². The summed E-state index contributed by atoms with van der Waals surface area (Å²) in [6.45, 7) is 1.89. The van der Waals surface area contributed by atoms with Crippen LogP contribution >= 0.6 is 11.6 Å². The van der Waals surface area contributed by atoms with E-state index in [2.05, 4.69) is 10.4 Å². The molecule has 2 fully saturated rings. The molecule has 0 saturated heterocycles. The van der Waals surface area contributed by atoms with Crippen molar-refractivity contribution in [2.45, 2.75) is 44.8 Å². The molecule has 1 heterocycles. The zero-order valence-corrected chi connectivity index (χ0v) is 16.1. The van der Waals surface area contributed by atoms with Crippen LogP contribution in [-0.4, -0.2) is 21.7 Å². The summed E-state index contributed by atoms with van der Waals surface area (Å²) in [4.78, 5) is 12.7. The molecule has 0 spiro atoms. The summed E-state index contributed by atoms with van der Waals surface area (Å²) in [6.07, 6.45) is 0.861. The van der Waals surface area contributed by atoms with Gasteiger partial charge in [0, 0.05) is 11.1 Å². The van der Waals surface area contributed by atoms with E-state index < -0.39 is 23.3 Å². The predicted molar refractivity (Wildman–Crippen MR) is 99.4 cm³/mol.